The molecule has 3 saturated carbocycles. The van der Waals surface area contributed by atoms with Crippen molar-refractivity contribution in [2.45, 2.75) is 77.6 Å². The van der Waals surface area contributed by atoms with Crippen molar-refractivity contribution in [2.75, 3.05) is 0 Å². The summed E-state index contributed by atoms with van der Waals surface area (Å²) in [4.78, 5) is 11.3. The number of carboxylic acids is 1. The standard InChI is InChI=1S/C19H32O2.ClH/c1-2-3-4-13-5-9-17-14(11-13)6-7-15-12-16(19(20)21)8-10-18(15)17;/h13-18H,2-12H2,1H3,(H,20,21);1H. The highest BCUT2D eigenvalue weighted by Gasteiger charge is 2.45. The van der Waals surface area contributed by atoms with E-state index in [4.69, 9.17) is 0 Å². The molecule has 0 amide bonds. The van der Waals surface area contributed by atoms with E-state index in [1.165, 1.54) is 57.8 Å². The second kappa shape index (κ2) is 8.04. The molecule has 0 aromatic carbocycles. The molecule has 3 aliphatic rings. The van der Waals surface area contributed by atoms with Crippen molar-refractivity contribution in [3.63, 3.8) is 0 Å². The SMILES string of the molecule is CCCCC1CCC2C(CCC3CC(C(=O)O)CCC32)C1.Cl. The first kappa shape index (κ1) is 18.1. The molecule has 1 N–H and O–H groups in total. The zero-order chi connectivity index (χ0) is 14.8. The molecule has 3 rings (SSSR count). The lowest BCUT2D eigenvalue weighted by Crippen LogP contribution is -2.42. The highest BCUT2D eigenvalue weighted by atomic mass is 35.5. The fourth-order valence-electron chi connectivity index (χ4n) is 5.87. The predicted octanol–water partition coefficient (Wildman–Crippen LogP) is 5.54. The average molecular weight is 329 g/mol. The van der Waals surface area contributed by atoms with E-state index >= 15 is 0 Å². The topological polar surface area (TPSA) is 37.3 Å². The fraction of sp³-hybridized carbons (Fsp3) is 0.947. The summed E-state index contributed by atoms with van der Waals surface area (Å²) < 4.78 is 0. The normalized spacial score (nSPS) is 41.0. The van der Waals surface area contributed by atoms with E-state index in [1.54, 1.807) is 0 Å². The molecule has 2 nitrogen and oxygen atoms in total. The Labute approximate surface area is 141 Å². The van der Waals surface area contributed by atoms with Crippen LogP contribution >= 0.6 is 12.4 Å². The van der Waals surface area contributed by atoms with Crippen LogP contribution in [0.3, 0.4) is 0 Å². The van der Waals surface area contributed by atoms with Crippen LogP contribution in [0.1, 0.15) is 77.6 Å². The van der Waals surface area contributed by atoms with Gasteiger partial charge in [-0.2, -0.15) is 0 Å². The maximum absolute atomic E-state index is 11.3. The molecule has 0 saturated heterocycles. The van der Waals surface area contributed by atoms with Gasteiger partial charge in [-0.1, -0.05) is 32.6 Å². The number of unbranched alkanes of at least 4 members (excludes halogenated alkanes) is 1. The van der Waals surface area contributed by atoms with Crippen molar-refractivity contribution < 1.29 is 9.90 Å². The maximum Gasteiger partial charge on any atom is 0.306 e. The summed E-state index contributed by atoms with van der Waals surface area (Å²) in [5, 5.41) is 9.28. The average Bonchev–Trinajstić information content (AvgIpc) is 2.51. The van der Waals surface area contributed by atoms with Gasteiger partial charge in [0.15, 0.2) is 0 Å². The number of fused-ring (bicyclic) bond motifs is 3. The van der Waals surface area contributed by atoms with Gasteiger partial charge in [0.05, 0.1) is 5.92 Å². The first-order valence-corrected chi connectivity index (χ1v) is 9.41. The zero-order valence-electron chi connectivity index (χ0n) is 14.0. The molecule has 3 aliphatic carbocycles. The molecule has 0 spiro atoms. The second-order valence-corrected chi connectivity index (χ2v) is 8.09. The zero-order valence-corrected chi connectivity index (χ0v) is 14.8. The molecule has 6 atom stereocenters. The molecule has 0 bridgehead atoms. The first-order chi connectivity index (χ1) is 10.2. The molecular weight excluding hydrogens is 296 g/mol. The summed E-state index contributed by atoms with van der Waals surface area (Å²) in [6.07, 6.45) is 14.4. The van der Waals surface area contributed by atoms with Crippen LogP contribution in [0.15, 0.2) is 0 Å². The van der Waals surface area contributed by atoms with Crippen molar-refractivity contribution in [3.8, 4) is 0 Å². The third-order valence-corrected chi connectivity index (χ3v) is 6.96. The lowest BCUT2D eigenvalue weighted by Gasteiger charge is -2.50. The molecule has 0 heterocycles. The summed E-state index contributed by atoms with van der Waals surface area (Å²) in [5.74, 6) is 3.93. The van der Waals surface area contributed by atoms with Gasteiger partial charge in [0.25, 0.3) is 0 Å². The Bertz CT molecular complexity index is 370. The van der Waals surface area contributed by atoms with Gasteiger partial charge in [-0.3, -0.25) is 4.79 Å². The van der Waals surface area contributed by atoms with Crippen LogP contribution in [0.5, 0.6) is 0 Å². The van der Waals surface area contributed by atoms with E-state index in [2.05, 4.69) is 6.92 Å². The molecule has 3 fully saturated rings. The summed E-state index contributed by atoms with van der Waals surface area (Å²) in [6.45, 7) is 2.30. The molecule has 22 heavy (non-hydrogen) atoms. The molecule has 6 unspecified atom stereocenters. The van der Waals surface area contributed by atoms with Gasteiger partial charge in [-0.15, -0.1) is 12.4 Å². The number of hydrogen-bond donors (Lipinski definition) is 1. The Morgan fingerprint density at radius 1 is 0.955 bits per heavy atom. The first-order valence-electron chi connectivity index (χ1n) is 9.41. The third-order valence-electron chi connectivity index (χ3n) is 6.96. The number of carbonyl (C=O) groups is 1. The number of carboxylic acid groups (broad SMARTS) is 1. The predicted molar refractivity (Wildman–Crippen MR) is 92.3 cm³/mol. The van der Waals surface area contributed by atoms with Crippen LogP contribution in [0.2, 0.25) is 0 Å². The van der Waals surface area contributed by atoms with Gasteiger partial charge >= 0.3 is 5.97 Å². The molecule has 128 valence electrons. The van der Waals surface area contributed by atoms with Gasteiger partial charge in [0.1, 0.15) is 0 Å². The van der Waals surface area contributed by atoms with Gasteiger partial charge in [-0.05, 0) is 74.5 Å². The molecule has 0 aromatic rings. The van der Waals surface area contributed by atoms with E-state index in [1.807, 2.05) is 0 Å². The molecular formula is C19H33ClO2. The summed E-state index contributed by atoms with van der Waals surface area (Å²) in [6, 6.07) is 0. The quantitative estimate of drug-likeness (QED) is 0.735. The minimum absolute atomic E-state index is 0. The lowest BCUT2D eigenvalue weighted by molar-refractivity contribution is -0.145. The molecule has 0 radical (unpaired) electrons. The Morgan fingerprint density at radius 2 is 1.59 bits per heavy atom. The van der Waals surface area contributed by atoms with Crippen LogP contribution in [-0.2, 0) is 4.79 Å². The van der Waals surface area contributed by atoms with Crippen LogP contribution in [0.25, 0.3) is 0 Å². The maximum atomic E-state index is 11.3. The monoisotopic (exact) mass is 328 g/mol. The van der Waals surface area contributed by atoms with Crippen molar-refractivity contribution in [2.24, 2.45) is 35.5 Å². The van der Waals surface area contributed by atoms with Gasteiger partial charge < -0.3 is 5.11 Å². The van der Waals surface area contributed by atoms with Crippen LogP contribution in [0, 0.1) is 35.5 Å². The van der Waals surface area contributed by atoms with Gasteiger partial charge in [-0.25, -0.2) is 0 Å². The minimum Gasteiger partial charge on any atom is -0.481 e. The van der Waals surface area contributed by atoms with E-state index in [-0.39, 0.29) is 18.3 Å². The molecule has 3 heteroatoms. The van der Waals surface area contributed by atoms with E-state index in [0.29, 0.717) is 0 Å². The van der Waals surface area contributed by atoms with E-state index < -0.39 is 5.97 Å². The number of hydrogen-bond acceptors (Lipinski definition) is 1. The van der Waals surface area contributed by atoms with E-state index in [0.717, 1.165) is 42.4 Å². The molecule has 0 aromatic heterocycles. The van der Waals surface area contributed by atoms with Crippen molar-refractivity contribution in [3.05, 3.63) is 0 Å². The fourth-order valence-corrected chi connectivity index (χ4v) is 5.87. The van der Waals surface area contributed by atoms with Crippen molar-refractivity contribution >= 4 is 18.4 Å². The van der Waals surface area contributed by atoms with Crippen molar-refractivity contribution in [1.82, 2.24) is 0 Å². The Morgan fingerprint density at radius 3 is 2.23 bits per heavy atom. The van der Waals surface area contributed by atoms with Crippen LogP contribution in [-0.4, -0.2) is 11.1 Å². The van der Waals surface area contributed by atoms with Crippen molar-refractivity contribution in [1.29, 1.82) is 0 Å². The summed E-state index contributed by atoms with van der Waals surface area (Å²) in [7, 11) is 0. The molecule has 0 aliphatic heterocycles. The lowest BCUT2D eigenvalue weighted by atomic mass is 9.55. The smallest absolute Gasteiger partial charge is 0.306 e. The third kappa shape index (κ3) is 3.80. The number of halogens is 1. The van der Waals surface area contributed by atoms with Crippen LogP contribution in [0.4, 0.5) is 0 Å². The highest BCUT2D eigenvalue weighted by Crippen LogP contribution is 2.53. The minimum atomic E-state index is -0.543. The second-order valence-electron chi connectivity index (χ2n) is 8.09. The van der Waals surface area contributed by atoms with Crippen LogP contribution < -0.4 is 0 Å². The number of aliphatic carboxylic acids is 1. The Balaban J connectivity index is 0.00000176. The number of rotatable bonds is 4. The summed E-state index contributed by atoms with van der Waals surface area (Å²) in [5.41, 5.74) is 0. The Hall–Kier alpha value is -0.240. The largest absolute Gasteiger partial charge is 0.481 e. The highest BCUT2D eigenvalue weighted by molar-refractivity contribution is 5.85. The van der Waals surface area contributed by atoms with E-state index in [9.17, 15) is 9.90 Å². The van der Waals surface area contributed by atoms with Gasteiger partial charge in [0, 0.05) is 0 Å². The summed E-state index contributed by atoms with van der Waals surface area (Å²) >= 11 is 0. The Kier molecular flexibility index (Phi) is 6.61. The van der Waals surface area contributed by atoms with Gasteiger partial charge in [0.2, 0.25) is 0 Å².